The summed E-state index contributed by atoms with van der Waals surface area (Å²) in [5.74, 6) is 1.12. The number of hydrogen-bond donors (Lipinski definition) is 3. The zero-order valence-corrected chi connectivity index (χ0v) is 25.3. The number of furan rings is 1. The summed E-state index contributed by atoms with van der Waals surface area (Å²) in [6.45, 7) is 3.89. The summed E-state index contributed by atoms with van der Waals surface area (Å²) in [7, 11) is 0. The van der Waals surface area contributed by atoms with Gasteiger partial charge >= 0.3 is 0 Å². The van der Waals surface area contributed by atoms with Gasteiger partial charge < -0.3 is 20.4 Å². The van der Waals surface area contributed by atoms with Crippen molar-refractivity contribution in [1.29, 1.82) is 0 Å². The lowest BCUT2D eigenvalue weighted by Gasteiger charge is -2.27. The number of nitrogens with two attached hydrogens (primary N) is 1. The van der Waals surface area contributed by atoms with Crippen LogP contribution in [0.1, 0.15) is 25.8 Å². The minimum atomic E-state index is -0.685. The lowest BCUT2D eigenvalue weighted by atomic mass is 10.0. The lowest BCUT2D eigenvalue weighted by molar-refractivity contribution is -0.127. The molecule has 0 spiro atoms. The summed E-state index contributed by atoms with van der Waals surface area (Å²) < 4.78 is 7.07. The maximum absolute atomic E-state index is 13.9. The van der Waals surface area contributed by atoms with Crippen molar-refractivity contribution < 1.29 is 14.0 Å². The molecule has 0 saturated carbocycles. The second kappa shape index (κ2) is 11.3. The minimum absolute atomic E-state index is 0.123. The molecule has 0 fully saturated rings. The van der Waals surface area contributed by atoms with Gasteiger partial charge in [0.15, 0.2) is 0 Å². The standard InChI is InChI=1S/C30H28BrN7O3S/c1-30(2,32)14-25(39)33-21-16-42-24-10-6-5-9-22(24)38(29(21)40)15-17-11-12-23-20(13-17)26(31)27(41-23)18-7-3-4-8-19(18)28-34-36-37-35-28/h3-13,21H,14-16,32H2,1-2H3,(H,33,39)(H,34,35,36,37)/t21-/m1/s1. The van der Waals surface area contributed by atoms with Crippen molar-refractivity contribution >= 4 is 56.2 Å². The van der Waals surface area contributed by atoms with Crippen molar-refractivity contribution in [3.63, 3.8) is 0 Å². The van der Waals surface area contributed by atoms with Crippen LogP contribution >= 0.6 is 27.7 Å². The topological polar surface area (TPSA) is 143 Å². The Balaban J connectivity index is 1.33. The van der Waals surface area contributed by atoms with Crippen molar-refractivity contribution in [3.8, 4) is 22.7 Å². The SMILES string of the molecule is CC(C)(N)CC(=O)N[C@@H]1CSc2ccccc2N(Cc2ccc3oc(-c4ccccc4-c4nn[nH]n4)c(Br)c3c2)C1=O. The van der Waals surface area contributed by atoms with Crippen molar-refractivity contribution in [1.82, 2.24) is 25.9 Å². The van der Waals surface area contributed by atoms with E-state index in [4.69, 9.17) is 10.2 Å². The number of tetrazole rings is 1. The highest BCUT2D eigenvalue weighted by Crippen LogP contribution is 2.42. The van der Waals surface area contributed by atoms with Gasteiger partial charge in [-0.3, -0.25) is 9.59 Å². The Morgan fingerprint density at radius 2 is 1.93 bits per heavy atom. The maximum atomic E-state index is 13.9. The Hall–Kier alpha value is -4.00. The molecule has 1 aliphatic heterocycles. The number of para-hydroxylation sites is 1. The fourth-order valence-corrected chi connectivity index (χ4v) is 6.68. The van der Waals surface area contributed by atoms with E-state index in [1.807, 2.05) is 66.7 Å². The summed E-state index contributed by atoms with van der Waals surface area (Å²) in [5.41, 5.74) is 9.38. The number of benzene rings is 3. The number of H-pyrrole nitrogens is 1. The molecule has 10 nitrogen and oxygen atoms in total. The monoisotopic (exact) mass is 645 g/mol. The normalized spacial score (nSPS) is 15.5. The number of thioether (sulfide) groups is 1. The Morgan fingerprint density at radius 3 is 2.69 bits per heavy atom. The number of fused-ring (bicyclic) bond motifs is 2. The number of nitrogens with one attached hydrogen (secondary N) is 2. The van der Waals surface area contributed by atoms with Crippen LogP contribution in [-0.4, -0.2) is 49.8 Å². The average Bonchev–Trinajstić information content (AvgIpc) is 3.59. The summed E-state index contributed by atoms with van der Waals surface area (Å²) >= 11 is 5.31. The minimum Gasteiger partial charge on any atom is -0.455 e. The molecule has 1 atom stereocenters. The summed E-state index contributed by atoms with van der Waals surface area (Å²) in [4.78, 5) is 29.4. The van der Waals surface area contributed by atoms with Gasteiger partial charge in [0, 0.05) is 39.1 Å². The molecular weight excluding hydrogens is 618 g/mol. The molecule has 1 aliphatic rings. The highest BCUT2D eigenvalue weighted by atomic mass is 79.9. The number of nitrogens with zero attached hydrogens (tertiary/aromatic N) is 4. The van der Waals surface area contributed by atoms with Crippen molar-refractivity contribution in [3.05, 3.63) is 76.8 Å². The van der Waals surface area contributed by atoms with E-state index in [9.17, 15) is 9.59 Å². The summed E-state index contributed by atoms with van der Waals surface area (Å²) in [5, 5.41) is 18.2. The van der Waals surface area contributed by atoms with Gasteiger partial charge in [0.25, 0.3) is 5.91 Å². The average molecular weight is 647 g/mol. The number of aromatic nitrogens is 4. The maximum Gasteiger partial charge on any atom is 0.250 e. The van der Waals surface area contributed by atoms with Crippen LogP contribution in [-0.2, 0) is 16.1 Å². The van der Waals surface area contributed by atoms with Crippen LogP contribution in [0, 0.1) is 0 Å². The first-order chi connectivity index (χ1) is 20.2. The fourth-order valence-electron chi connectivity index (χ4n) is 5.00. The van der Waals surface area contributed by atoms with E-state index in [0.717, 1.165) is 37.1 Å². The highest BCUT2D eigenvalue weighted by molar-refractivity contribution is 9.10. The van der Waals surface area contributed by atoms with Gasteiger partial charge in [-0.1, -0.05) is 42.5 Å². The van der Waals surface area contributed by atoms with Crippen LogP contribution in [0.25, 0.3) is 33.7 Å². The summed E-state index contributed by atoms with van der Waals surface area (Å²) in [6, 6.07) is 20.7. The van der Waals surface area contributed by atoms with Crippen molar-refractivity contribution in [2.75, 3.05) is 10.7 Å². The number of hydrogen-bond acceptors (Lipinski definition) is 8. The van der Waals surface area contributed by atoms with Gasteiger partial charge in [-0.15, -0.1) is 22.0 Å². The second-order valence-electron chi connectivity index (χ2n) is 10.8. The molecule has 0 saturated heterocycles. The molecule has 0 radical (unpaired) electrons. The summed E-state index contributed by atoms with van der Waals surface area (Å²) in [6.07, 6.45) is 0.123. The number of halogens is 1. The quantitative estimate of drug-likeness (QED) is 0.217. The Labute approximate surface area is 254 Å². The van der Waals surface area contributed by atoms with Crippen LogP contribution in [0.5, 0.6) is 0 Å². The molecule has 3 heterocycles. The van der Waals surface area contributed by atoms with E-state index in [1.54, 1.807) is 30.5 Å². The first-order valence-corrected chi connectivity index (χ1v) is 15.1. The molecule has 42 heavy (non-hydrogen) atoms. The van der Waals surface area contributed by atoms with Crippen molar-refractivity contribution in [2.45, 2.75) is 43.3 Å². The molecule has 0 aliphatic carbocycles. The molecule has 3 aromatic carbocycles. The predicted octanol–water partition coefficient (Wildman–Crippen LogP) is 5.29. The van der Waals surface area contributed by atoms with E-state index in [-0.39, 0.29) is 18.2 Å². The van der Waals surface area contributed by atoms with E-state index in [0.29, 0.717) is 29.5 Å². The molecule has 0 unspecified atom stereocenters. The van der Waals surface area contributed by atoms with Crippen LogP contribution < -0.4 is 16.0 Å². The molecule has 0 bridgehead atoms. The molecule has 4 N–H and O–H groups in total. The number of amides is 2. The van der Waals surface area contributed by atoms with Gasteiger partial charge in [-0.25, -0.2) is 0 Å². The van der Waals surface area contributed by atoms with Gasteiger partial charge in [-0.05, 0) is 64.8 Å². The molecule has 12 heteroatoms. The third-order valence-electron chi connectivity index (χ3n) is 6.87. The molecule has 5 aromatic rings. The Bertz CT molecular complexity index is 1780. The molecular formula is C30H28BrN7O3S. The predicted molar refractivity (Wildman–Crippen MR) is 166 cm³/mol. The zero-order valence-electron chi connectivity index (χ0n) is 22.9. The number of carbonyl (C=O) groups excluding carboxylic acids is 2. The number of aromatic amines is 1. The third kappa shape index (κ3) is 5.69. The van der Waals surface area contributed by atoms with Gasteiger partial charge in [0.1, 0.15) is 17.4 Å². The first kappa shape index (κ1) is 28.1. The van der Waals surface area contributed by atoms with Crippen LogP contribution in [0.3, 0.4) is 0 Å². The Morgan fingerprint density at radius 1 is 1.17 bits per heavy atom. The lowest BCUT2D eigenvalue weighted by Crippen LogP contribution is -2.51. The van der Waals surface area contributed by atoms with E-state index >= 15 is 0 Å². The second-order valence-corrected chi connectivity index (χ2v) is 12.7. The largest absolute Gasteiger partial charge is 0.455 e. The Kier molecular flexibility index (Phi) is 7.60. The molecule has 2 amide bonds. The first-order valence-electron chi connectivity index (χ1n) is 13.3. The van der Waals surface area contributed by atoms with Gasteiger partial charge in [0.05, 0.1) is 16.7 Å². The molecule has 6 rings (SSSR count). The van der Waals surface area contributed by atoms with E-state index in [2.05, 4.69) is 41.9 Å². The van der Waals surface area contributed by atoms with Crippen LogP contribution in [0.2, 0.25) is 0 Å². The van der Waals surface area contributed by atoms with Gasteiger partial charge in [0.2, 0.25) is 11.7 Å². The molecule has 214 valence electrons. The zero-order chi connectivity index (χ0) is 29.4. The van der Waals surface area contributed by atoms with Gasteiger partial charge in [-0.2, -0.15) is 5.21 Å². The van der Waals surface area contributed by atoms with Crippen LogP contribution in [0.15, 0.2) is 80.5 Å². The van der Waals surface area contributed by atoms with E-state index < -0.39 is 11.6 Å². The smallest absolute Gasteiger partial charge is 0.250 e. The van der Waals surface area contributed by atoms with Crippen molar-refractivity contribution in [2.24, 2.45) is 5.73 Å². The molecule has 2 aromatic heterocycles. The number of rotatable bonds is 7. The van der Waals surface area contributed by atoms with E-state index in [1.165, 1.54) is 0 Å². The van der Waals surface area contributed by atoms with Crippen LogP contribution in [0.4, 0.5) is 5.69 Å². The number of anilines is 1. The fraction of sp³-hybridized carbons (Fsp3) is 0.233. The number of carbonyl (C=O) groups is 2. The third-order valence-corrected chi connectivity index (χ3v) is 8.81. The highest BCUT2D eigenvalue weighted by Gasteiger charge is 2.33.